The predicted molar refractivity (Wildman–Crippen MR) is 134 cm³/mol. The van der Waals surface area contributed by atoms with Gasteiger partial charge in [0.25, 0.3) is 11.8 Å². The van der Waals surface area contributed by atoms with Crippen molar-refractivity contribution >= 4 is 40.8 Å². The summed E-state index contributed by atoms with van der Waals surface area (Å²) in [6.45, 7) is 3.21. The van der Waals surface area contributed by atoms with Crippen molar-refractivity contribution in [1.82, 2.24) is 0 Å². The van der Waals surface area contributed by atoms with E-state index in [2.05, 4.69) is 10.6 Å². The van der Waals surface area contributed by atoms with Crippen molar-refractivity contribution in [3.05, 3.63) is 81.9 Å². The van der Waals surface area contributed by atoms with Gasteiger partial charge in [0, 0.05) is 17.8 Å². The fourth-order valence-electron chi connectivity index (χ4n) is 3.38. The van der Waals surface area contributed by atoms with E-state index in [1.807, 2.05) is 32.0 Å². The van der Waals surface area contributed by atoms with Gasteiger partial charge >= 0.3 is 5.97 Å². The summed E-state index contributed by atoms with van der Waals surface area (Å²) < 4.78 is 15.8. The Morgan fingerprint density at radius 2 is 1.46 bits per heavy atom. The molecule has 0 saturated carbocycles. The molecule has 0 heterocycles. The van der Waals surface area contributed by atoms with Crippen LogP contribution in [0.15, 0.2) is 54.6 Å². The minimum absolute atomic E-state index is 0.0251. The first-order chi connectivity index (χ1) is 16.7. The van der Waals surface area contributed by atoms with E-state index in [1.54, 1.807) is 24.3 Å². The van der Waals surface area contributed by atoms with Gasteiger partial charge in [-0.15, -0.1) is 0 Å². The number of aryl methyl sites for hydroxylation is 2. The molecule has 182 valence electrons. The molecule has 35 heavy (non-hydrogen) atoms. The maximum absolute atomic E-state index is 12.9. The standard InChI is InChI=1S/C26H25ClN2O6/c1-15-8-7-9-16(2)24(15)29-23(30)14-35-26(32)18-12-21(33-3)22(34-4)13-20(18)28-25(31)17-10-5-6-11-19(17)27/h5-13H,14H2,1-4H3,(H,28,31)(H,29,30). The summed E-state index contributed by atoms with van der Waals surface area (Å²) >= 11 is 6.13. The second kappa shape index (κ2) is 11.4. The Bertz CT molecular complexity index is 1250. The number of ether oxygens (including phenoxy) is 3. The maximum Gasteiger partial charge on any atom is 0.340 e. The lowest BCUT2D eigenvalue weighted by atomic mass is 10.1. The van der Waals surface area contributed by atoms with Crippen LogP contribution < -0.4 is 20.1 Å². The van der Waals surface area contributed by atoms with Gasteiger partial charge < -0.3 is 24.8 Å². The number of methoxy groups -OCH3 is 2. The first-order valence-electron chi connectivity index (χ1n) is 10.6. The van der Waals surface area contributed by atoms with Crippen LogP contribution in [0.2, 0.25) is 5.02 Å². The van der Waals surface area contributed by atoms with Crippen molar-refractivity contribution in [3.8, 4) is 11.5 Å². The molecule has 8 nitrogen and oxygen atoms in total. The quantitative estimate of drug-likeness (QED) is 0.424. The number of hydrogen-bond acceptors (Lipinski definition) is 6. The number of carbonyl (C=O) groups excluding carboxylic acids is 3. The van der Waals surface area contributed by atoms with E-state index in [0.29, 0.717) is 5.69 Å². The lowest BCUT2D eigenvalue weighted by Crippen LogP contribution is -2.23. The molecule has 0 spiro atoms. The van der Waals surface area contributed by atoms with Gasteiger partial charge in [0.2, 0.25) is 0 Å². The smallest absolute Gasteiger partial charge is 0.340 e. The average molecular weight is 497 g/mol. The normalized spacial score (nSPS) is 10.3. The van der Waals surface area contributed by atoms with Crippen LogP contribution >= 0.6 is 11.6 Å². The summed E-state index contributed by atoms with van der Waals surface area (Å²) in [5.74, 6) is -1.35. The maximum atomic E-state index is 12.9. The van der Waals surface area contributed by atoms with Gasteiger partial charge in [-0.05, 0) is 37.1 Å². The molecule has 0 unspecified atom stereocenters. The predicted octanol–water partition coefficient (Wildman–Crippen LogP) is 5.02. The zero-order valence-electron chi connectivity index (χ0n) is 19.7. The molecule has 0 aliphatic heterocycles. The molecule has 3 aromatic rings. The molecular formula is C26H25ClN2O6. The molecule has 2 amide bonds. The molecule has 0 fully saturated rings. The number of esters is 1. The number of anilines is 2. The van der Waals surface area contributed by atoms with Crippen LogP contribution in [0.3, 0.4) is 0 Å². The highest BCUT2D eigenvalue weighted by Crippen LogP contribution is 2.34. The Balaban J connectivity index is 1.82. The Kier molecular flexibility index (Phi) is 8.33. The van der Waals surface area contributed by atoms with Gasteiger partial charge in [0.1, 0.15) is 0 Å². The number of para-hydroxylation sites is 1. The Morgan fingerprint density at radius 3 is 2.09 bits per heavy atom. The Hall–Kier alpha value is -4.04. The van der Waals surface area contributed by atoms with Crippen molar-refractivity contribution in [2.45, 2.75) is 13.8 Å². The summed E-state index contributed by atoms with van der Waals surface area (Å²) in [5, 5.41) is 5.66. The minimum atomic E-state index is -0.836. The summed E-state index contributed by atoms with van der Waals surface area (Å²) in [7, 11) is 2.83. The number of halogens is 1. The minimum Gasteiger partial charge on any atom is -0.493 e. The number of carbonyl (C=O) groups is 3. The van der Waals surface area contributed by atoms with E-state index >= 15 is 0 Å². The van der Waals surface area contributed by atoms with Crippen LogP contribution in [0.25, 0.3) is 0 Å². The Morgan fingerprint density at radius 1 is 0.829 bits per heavy atom. The van der Waals surface area contributed by atoms with Gasteiger partial charge in [-0.25, -0.2) is 4.79 Å². The van der Waals surface area contributed by atoms with Crippen molar-refractivity contribution in [3.63, 3.8) is 0 Å². The average Bonchev–Trinajstić information content (AvgIpc) is 2.84. The zero-order valence-corrected chi connectivity index (χ0v) is 20.5. The number of rotatable bonds is 8. The first kappa shape index (κ1) is 25.6. The molecule has 0 aromatic heterocycles. The first-order valence-corrected chi connectivity index (χ1v) is 11.0. The van der Waals surface area contributed by atoms with Crippen molar-refractivity contribution < 1.29 is 28.6 Å². The molecule has 9 heteroatoms. The molecule has 0 radical (unpaired) electrons. The molecule has 3 rings (SSSR count). The van der Waals surface area contributed by atoms with Crippen LogP contribution in [0.5, 0.6) is 11.5 Å². The molecule has 2 N–H and O–H groups in total. The summed E-state index contributed by atoms with van der Waals surface area (Å²) in [4.78, 5) is 38.2. The van der Waals surface area contributed by atoms with E-state index < -0.39 is 24.4 Å². The highest BCUT2D eigenvalue weighted by molar-refractivity contribution is 6.34. The SMILES string of the molecule is COc1cc(NC(=O)c2ccccc2Cl)c(C(=O)OCC(=O)Nc2c(C)cccc2C)cc1OC. The molecule has 3 aromatic carbocycles. The van der Waals surface area contributed by atoms with E-state index in [-0.39, 0.29) is 33.3 Å². The molecule has 0 aliphatic carbocycles. The Labute approximate surface area is 208 Å². The third kappa shape index (κ3) is 6.10. The van der Waals surface area contributed by atoms with Crippen molar-refractivity contribution in [2.75, 3.05) is 31.5 Å². The molecule has 0 atom stereocenters. The lowest BCUT2D eigenvalue weighted by Gasteiger charge is -2.16. The lowest BCUT2D eigenvalue weighted by molar-refractivity contribution is -0.119. The second-order valence-corrected chi connectivity index (χ2v) is 7.99. The second-order valence-electron chi connectivity index (χ2n) is 7.58. The fraction of sp³-hybridized carbons (Fsp3) is 0.192. The molecular weight excluding hydrogens is 472 g/mol. The van der Waals surface area contributed by atoms with Gasteiger partial charge in [-0.2, -0.15) is 0 Å². The van der Waals surface area contributed by atoms with Gasteiger partial charge in [-0.3, -0.25) is 9.59 Å². The van der Waals surface area contributed by atoms with Gasteiger partial charge in [0.05, 0.1) is 36.1 Å². The number of amides is 2. The van der Waals surface area contributed by atoms with Crippen molar-refractivity contribution in [2.24, 2.45) is 0 Å². The third-order valence-corrected chi connectivity index (χ3v) is 5.52. The summed E-state index contributed by atoms with van der Waals surface area (Å²) in [6.07, 6.45) is 0. The van der Waals surface area contributed by atoms with Crippen LogP contribution in [0.1, 0.15) is 31.8 Å². The molecule has 0 aliphatic rings. The molecule has 0 bridgehead atoms. The van der Waals surface area contributed by atoms with E-state index in [4.69, 9.17) is 25.8 Å². The fourth-order valence-corrected chi connectivity index (χ4v) is 3.60. The van der Waals surface area contributed by atoms with Crippen LogP contribution in [0.4, 0.5) is 11.4 Å². The molecule has 0 saturated heterocycles. The monoisotopic (exact) mass is 496 g/mol. The highest BCUT2D eigenvalue weighted by Gasteiger charge is 2.22. The van der Waals surface area contributed by atoms with E-state index in [0.717, 1.165) is 11.1 Å². The van der Waals surface area contributed by atoms with Crippen LogP contribution in [-0.2, 0) is 9.53 Å². The highest BCUT2D eigenvalue weighted by atomic mass is 35.5. The number of benzene rings is 3. The number of hydrogen-bond donors (Lipinski definition) is 2. The third-order valence-electron chi connectivity index (χ3n) is 5.19. The number of nitrogens with one attached hydrogen (secondary N) is 2. The van der Waals surface area contributed by atoms with Crippen molar-refractivity contribution in [1.29, 1.82) is 0 Å². The van der Waals surface area contributed by atoms with Crippen LogP contribution in [-0.4, -0.2) is 38.6 Å². The van der Waals surface area contributed by atoms with Crippen LogP contribution in [0, 0.1) is 13.8 Å². The topological polar surface area (TPSA) is 103 Å². The largest absolute Gasteiger partial charge is 0.493 e. The summed E-state index contributed by atoms with van der Waals surface area (Å²) in [5.41, 5.74) is 2.72. The van der Waals surface area contributed by atoms with Gasteiger partial charge in [-0.1, -0.05) is 41.9 Å². The van der Waals surface area contributed by atoms with E-state index in [1.165, 1.54) is 26.4 Å². The van der Waals surface area contributed by atoms with Gasteiger partial charge in [0.15, 0.2) is 18.1 Å². The zero-order chi connectivity index (χ0) is 25.5. The summed E-state index contributed by atoms with van der Waals surface area (Å²) in [6, 6.07) is 14.9. The van der Waals surface area contributed by atoms with E-state index in [9.17, 15) is 14.4 Å².